The number of fused-ring (bicyclic) bond motifs is 1. The van der Waals surface area contributed by atoms with Gasteiger partial charge in [-0.05, 0) is 43.9 Å². The van der Waals surface area contributed by atoms with Crippen molar-refractivity contribution in [3.05, 3.63) is 30.0 Å². The molecule has 26 heavy (non-hydrogen) atoms. The molecule has 1 saturated heterocycles. The van der Waals surface area contributed by atoms with Gasteiger partial charge in [0.15, 0.2) is 0 Å². The van der Waals surface area contributed by atoms with Crippen LogP contribution in [0.4, 0.5) is 0 Å². The number of H-pyrrole nitrogens is 1. The first kappa shape index (κ1) is 17.4. The molecule has 140 valence electrons. The molecule has 1 saturated carbocycles. The van der Waals surface area contributed by atoms with Crippen molar-refractivity contribution in [2.45, 2.75) is 44.8 Å². The van der Waals surface area contributed by atoms with Crippen molar-refractivity contribution < 1.29 is 19.4 Å². The lowest BCUT2D eigenvalue weighted by Gasteiger charge is -2.55. The number of benzene rings is 1. The van der Waals surface area contributed by atoms with Gasteiger partial charge in [-0.15, -0.1) is 0 Å². The summed E-state index contributed by atoms with van der Waals surface area (Å²) in [5.74, 6) is 0.786. The van der Waals surface area contributed by atoms with Crippen LogP contribution in [0.3, 0.4) is 0 Å². The van der Waals surface area contributed by atoms with Gasteiger partial charge < -0.3 is 24.9 Å². The number of rotatable bonds is 5. The molecule has 2 aliphatic rings. The predicted octanol–water partition coefficient (Wildman–Crippen LogP) is 2.16. The van der Waals surface area contributed by atoms with E-state index in [9.17, 15) is 9.90 Å². The lowest BCUT2D eigenvalue weighted by Crippen LogP contribution is -2.65. The number of carbonyl (C=O) groups is 1. The Morgan fingerprint density at radius 2 is 2.23 bits per heavy atom. The molecule has 0 bridgehead atoms. The normalized spacial score (nSPS) is 24.4. The molecule has 1 aliphatic carbocycles. The van der Waals surface area contributed by atoms with Crippen LogP contribution in [-0.2, 0) is 16.0 Å². The van der Waals surface area contributed by atoms with E-state index in [2.05, 4.69) is 10.3 Å². The number of nitrogens with one attached hydrogen (secondary N) is 2. The minimum absolute atomic E-state index is 0.0139. The summed E-state index contributed by atoms with van der Waals surface area (Å²) in [7, 11) is 0. The summed E-state index contributed by atoms with van der Waals surface area (Å²) < 4.78 is 11.1. The second-order valence-corrected chi connectivity index (χ2v) is 7.32. The number of carbonyl (C=O) groups excluding carboxylic acids is 1. The monoisotopic (exact) mass is 358 g/mol. The topological polar surface area (TPSA) is 83.6 Å². The van der Waals surface area contributed by atoms with Gasteiger partial charge in [0.05, 0.1) is 19.1 Å². The van der Waals surface area contributed by atoms with Crippen LogP contribution in [0.2, 0.25) is 0 Å². The highest BCUT2D eigenvalue weighted by atomic mass is 16.5. The minimum Gasteiger partial charge on any atom is -0.493 e. The van der Waals surface area contributed by atoms with Crippen molar-refractivity contribution >= 4 is 16.8 Å². The van der Waals surface area contributed by atoms with Crippen molar-refractivity contribution in [3.8, 4) is 5.75 Å². The van der Waals surface area contributed by atoms with E-state index in [1.807, 2.05) is 31.3 Å². The maximum atomic E-state index is 12.7. The van der Waals surface area contributed by atoms with E-state index >= 15 is 0 Å². The van der Waals surface area contributed by atoms with E-state index in [1.165, 1.54) is 0 Å². The number of amides is 1. The molecule has 2 fully saturated rings. The van der Waals surface area contributed by atoms with Crippen LogP contribution >= 0.6 is 0 Å². The Hall–Kier alpha value is -2.05. The van der Waals surface area contributed by atoms with Gasteiger partial charge in [0.1, 0.15) is 5.75 Å². The van der Waals surface area contributed by atoms with Gasteiger partial charge in [0.2, 0.25) is 5.91 Å². The molecular weight excluding hydrogens is 332 g/mol. The number of aromatic nitrogens is 1. The van der Waals surface area contributed by atoms with E-state index in [0.29, 0.717) is 32.7 Å². The predicted molar refractivity (Wildman–Crippen MR) is 98.2 cm³/mol. The van der Waals surface area contributed by atoms with E-state index in [4.69, 9.17) is 9.47 Å². The van der Waals surface area contributed by atoms with Crippen LogP contribution in [0.15, 0.2) is 24.4 Å². The largest absolute Gasteiger partial charge is 0.493 e. The summed E-state index contributed by atoms with van der Waals surface area (Å²) in [5.41, 5.74) is 1.70. The molecule has 3 N–H and O–H groups in total. The van der Waals surface area contributed by atoms with Crippen molar-refractivity contribution in [2.24, 2.45) is 5.41 Å². The molecule has 1 spiro atoms. The Labute approximate surface area is 152 Å². The van der Waals surface area contributed by atoms with Gasteiger partial charge in [0.25, 0.3) is 0 Å². The Morgan fingerprint density at radius 3 is 2.96 bits per heavy atom. The molecule has 1 aromatic heterocycles. The molecule has 2 atom stereocenters. The number of aliphatic hydroxyl groups is 1. The molecule has 6 nitrogen and oxygen atoms in total. The summed E-state index contributed by atoms with van der Waals surface area (Å²) in [6.07, 6.45) is 4.08. The Kier molecular flexibility index (Phi) is 4.63. The van der Waals surface area contributed by atoms with Gasteiger partial charge in [-0.3, -0.25) is 4.79 Å². The zero-order valence-electron chi connectivity index (χ0n) is 15.1. The highest BCUT2D eigenvalue weighted by Crippen LogP contribution is 2.49. The number of aliphatic hydroxyl groups excluding tert-OH is 1. The van der Waals surface area contributed by atoms with Crippen molar-refractivity contribution in [2.75, 3.05) is 19.8 Å². The lowest BCUT2D eigenvalue weighted by atomic mass is 9.58. The van der Waals surface area contributed by atoms with Crippen LogP contribution in [0.5, 0.6) is 5.75 Å². The molecule has 0 unspecified atom stereocenters. The number of ether oxygens (including phenoxy) is 2. The SMILES string of the molecule is CCOc1cccc2[nH]cc(CC(=O)N[C@@H]3C[C@@H](O)C34CCOCC4)c12. The third-order valence-corrected chi connectivity index (χ3v) is 5.98. The Balaban J connectivity index is 1.48. The summed E-state index contributed by atoms with van der Waals surface area (Å²) >= 11 is 0. The summed E-state index contributed by atoms with van der Waals surface area (Å²) in [4.78, 5) is 15.9. The van der Waals surface area contributed by atoms with E-state index in [1.54, 1.807) is 0 Å². The van der Waals surface area contributed by atoms with Crippen LogP contribution < -0.4 is 10.1 Å². The first-order chi connectivity index (χ1) is 12.6. The van der Waals surface area contributed by atoms with E-state index in [-0.39, 0.29) is 23.5 Å². The van der Waals surface area contributed by atoms with Crippen molar-refractivity contribution in [1.82, 2.24) is 10.3 Å². The fourth-order valence-electron chi connectivity index (χ4n) is 4.45. The number of aromatic amines is 1. The zero-order chi connectivity index (χ0) is 18.1. The van der Waals surface area contributed by atoms with Crippen molar-refractivity contribution in [1.29, 1.82) is 0 Å². The number of hydrogen-bond acceptors (Lipinski definition) is 4. The smallest absolute Gasteiger partial charge is 0.224 e. The molecule has 0 radical (unpaired) electrons. The van der Waals surface area contributed by atoms with Crippen LogP contribution in [-0.4, -0.2) is 48.0 Å². The maximum Gasteiger partial charge on any atom is 0.224 e. The first-order valence-corrected chi connectivity index (χ1v) is 9.41. The molecule has 1 amide bonds. The fourth-order valence-corrected chi connectivity index (χ4v) is 4.45. The maximum absolute atomic E-state index is 12.7. The van der Waals surface area contributed by atoms with E-state index in [0.717, 1.165) is 35.1 Å². The van der Waals surface area contributed by atoms with Crippen LogP contribution in [0.25, 0.3) is 10.9 Å². The number of hydrogen-bond donors (Lipinski definition) is 3. The molecule has 6 heteroatoms. The Morgan fingerprint density at radius 1 is 1.42 bits per heavy atom. The average molecular weight is 358 g/mol. The molecule has 1 aliphatic heterocycles. The quantitative estimate of drug-likeness (QED) is 0.765. The molecular formula is C20H26N2O4. The van der Waals surface area contributed by atoms with Crippen LogP contribution in [0, 0.1) is 5.41 Å². The van der Waals surface area contributed by atoms with Gasteiger partial charge in [-0.1, -0.05) is 6.07 Å². The van der Waals surface area contributed by atoms with Gasteiger partial charge in [-0.2, -0.15) is 0 Å². The van der Waals surface area contributed by atoms with E-state index < -0.39 is 0 Å². The summed E-state index contributed by atoms with van der Waals surface area (Å²) in [6, 6.07) is 5.89. The van der Waals surface area contributed by atoms with Gasteiger partial charge >= 0.3 is 0 Å². The second kappa shape index (κ2) is 6.93. The van der Waals surface area contributed by atoms with Crippen LogP contribution in [0.1, 0.15) is 31.7 Å². The van der Waals surface area contributed by atoms with Gasteiger partial charge in [-0.25, -0.2) is 0 Å². The third-order valence-electron chi connectivity index (χ3n) is 5.98. The van der Waals surface area contributed by atoms with Gasteiger partial charge in [0, 0.05) is 41.8 Å². The third kappa shape index (κ3) is 2.87. The summed E-state index contributed by atoms with van der Waals surface area (Å²) in [5, 5.41) is 14.4. The zero-order valence-corrected chi connectivity index (χ0v) is 15.1. The second-order valence-electron chi connectivity index (χ2n) is 7.32. The minimum atomic E-state index is -0.339. The highest BCUT2D eigenvalue weighted by molar-refractivity contribution is 5.93. The molecule has 1 aromatic carbocycles. The first-order valence-electron chi connectivity index (χ1n) is 9.41. The Bertz CT molecular complexity index is 794. The lowest BCUT2D eigenvalue weighted by molar-refractivity contribution is -0.155. The standard InChI is InChI=1S/C20H26N2O4/c1-2-26-15-5-3-4-14-19(15)13(12-21-14)10-18(24)22-16-11-17(23)20(16)6-8-25-9-7-20/h3-5,12,16-17,21,23H,2,6-11H2,1H3,(H,22,24)/t16-,17-/m1/s1. The highest BCUT2D eigenvalue weighted by Gasteiger charge is 2.55. The fraction of sp³-hybridized carbons (Fsp3) is 0.550. The summed E-state index contributed by atoms with van der Waals surface area (Å²) in [6.45, 7) is 3.85. The molecule has 2 heterocycles. The average Bonchev–Trinajstić information content (AvgIpc) is 3.06. The molecule has 2 aromatic rings. The molecule has 4 rings (SSSR count). The van der Waals surface area contributed by atoms with Crippen molar-refractivity contribution in [3.63, 3.8) is 0 Å².